The fourth-order valence-corrected chi connectivity index (χ4v) is 4.25. The number of morpholine rings is 1. The Bertz CT molecular complexity index is 736. The van der Waals surface area contributed by atoms with Gasteiger partial charge in [-0.3, -0.25) is 4.99 Å². The second-order valence-corrected chi connectivity index (χ2v) is 8.73. The van der Waals surface area contributed by atoms with Crippen LogP contribution in [-0.2, 0) is 14.8 Å². The molecule has 1 aliphatic rings. The molecule has 0 saturated carbocycles. The van der Waals surface area contributed by atoms with Gasteiger partial charge in [0.2, 0.25) is 10.0 Å². The molecule has 152 valence electrons. The quantitative estimate of drug-likeness (QED) is 0.431. The maximum atomic E-state index is 11.7. The van der Waals surface area contributed by atoms with Crippen molar-refractivity contribution in [2.24, 2.45) is 4.99 Å². The number of hydrogen-bond acceptors (Lipinski definition) is 4. The van der Waals surface area contributed by atoms with Crippen LogP contribution in [0.3, 0.4) is 0 Å². The lowest BCUT2D eigenvalue weighted by Crippen LogP contribution is -2.48. The van der Waals surface area contributed by atoms with E-state index in [-0.39, 0.29) is 6.10 Å². The number of hydrogen-bond donors (Lipinski definition) is 1. The summed E-state index contributed by atoms with van der Waals surface area (Å²) in [5.74, 6) is 0.833. The van der Waals surface area contributed by atoms with Crippen molar-refractivity contribution < 1.29 is 13.2 Å². The Labute approximate surface area is 163 Å². The van der Waals surface area contributed by atoms with Gasteiger partial charge in [-0.1, -0.05) is 31.2 Å². The molecule has 0 spiro atoms. The molecule has 0 bridgehead atoms. The van der Waals surface area contributed by atoms with Crippen molar-refractivity contribution in [2.45, 2.75) is 26.4 Å². The third-order valence-corrected chi connectivity index (χ3v) is 6.18. The van der Waals surface area contributed by atoms with E-state index in [1.165, 1.54) is 21.7 Å². The van der Waals surface area contributed by atoms with E-state index >= 15 is 0 Å². The van der Waals surface area contributed by atoms with Crippen molar-refractivity contribution in [1.29, 1.82) is 0 Å². The van der Waals surface area contributed by atoms with Gasteiger partial charge in [0.1, 0.15) is 6.10 Å². The minimum atomic E-state index is -3.14. The fourth-order valence-electron chi connectivity index (χ4n) is 3.32. The zero-order chi connectivity index (χ0) is 19.9. The van der Waals surface area contributed by atoms with Crippen LogP contribution in [0.2, 0.25) is 0 Å². The van der Waals surface area contributed by atoms with Gasteiger partial charge in [0.25, 0.3) is 0 Å². The van der Waals surface area contributed by atoms with Crippen LogP contribution >= 0.6 is 0 Å². The van der Waals surface area contributed by atoms with Crippen LogP contribution in [0, 0.1) is 6.92 Å². The van der Waals surface area contributed by atoms with Crippen molar-refractivity contribution in [3.8, 4) is 0 Å². The van der Waals surface area contributed by atoms with E-state index in [0.717, 1.165) is 25.5 Å². The summed E-state index contributed by atoms with van der Waals surface area (Å²) in [6.07, 6.45) is 2.01. The minimum absolute atomic E-state index is 0.0271. The highest BCUT2D eigenvalue weighted by molar-refractivity contribution is 7.88. The third-order valence-electron chi connectivity index (χ3n) is 4.80. The first-order chi connectivity index (χ1) is 12.9. The number of aryl methyl sites for hydroxylation is 1. The van der Waals surface area contributed by atoms with Gasteiger partial charge in [-0.15, -0.1) is 0 Å². The van der Waals surface area contributed by atoms with E-state index in [4.69, 9.17) is 4.74 Å². The van der Waals surface area contributed by atoms with Gasteiger partial charge in [0.05, 0.1) is 19.4 Å². The molecule has 1 fully saturated rings. The Hall–Kier alpha value is -1.64. The zero-order valence-corrected chi connectivity index (χ0v) is 17.6. The summed E-state index contributed by atoms with van der Waals surface area (Å²) in [6.45, 7) is 7.81. The number of guanidine groups is 1. The van der Waals surface area contributed by atoms with E-state index in [9.17, 15) is 8.42 Å². The van der Waals surface area contributed by atoms with Crippen LogP contribution in [0.15, 0.2) is 29.3 Å². The number of ether oxygens (including phenoxy) is 1. The van der Waals surface area contributed by atoms with Gasteiger partial charge < -0.3 is 15.0 Å². The number of aliphatic imine (C=N–C) groups is 1. The van der Waals surface area contributed by atoms with Crippen molar-refractivity contribution >= 4 is 16.0 Å². The number of benzene rings is 1. The molecule has 1 unspecified atom stereocenters. The van der Waals surface area contributed by atoms with E-state index in [1.54, 1.807) is 7.05 Å². The van der Waals surface area contributed by atoms with Gasteiger partial charge in [0, 0.05) is 33.2 Å². The highest BCUT2D eigenvalue weighted by atomic mass is 32.2. The summed E-state index contributed by atoms with van der Waals surface area (Å²) in [5.41, 5.74) is 2.44. The van der Waals surface area contributed by atoms with Gasteiger partial charge in [-0.05, 0) is 24.5 Å². The predicted molar refractivity (Wildman–Crippen MR) is 110 cm³/mol. The van der Waals surface area contributed by atoms with E-state index < -0.39 is 10.0 Å². The van der Waals surface area contributed by atoms with Crippen molar-refractivity contribution in [3.05, 3.63) is 35.4 Å². The number of nitrogens with one attached hydrogen (secondary N) is 1. The molecule has 8 heteroatoms. The molecule has 0 aromatic heterocycles. The van der Waals surface area contributed by atoms with Crippen LogP contribution in [0.25, 0.3) is 0 Å². The maximum absolute atomic E-state index is 11.7. The van der Waals surface area contributed by atoms with Crippen LogP contribution in [0.5, 0.6) is 0 Å². The molecule has 1 aliphatic heterocycles. The zero-order valence-electron chi connectivity index (χ0n) is 16.8. The first kappa shape index (κ1) is 21.7. The first-order valence-corrected chi connectivity index (χ1v) is 11.3. The SMILES string of the molecule is CCN(CCCNC(=NC)N1CCOC(c2ccccc2C)C1)S(C)(=O)=O. The largest absolute Gasteiger partial charge is 0.370 e. The van der Waals surface area contributed by atoms with Crippen molar-refractivity contribution in [2.75, 3.05) is 52.6 Å². The molecule has 27 heavy (non-hydrogen) atoms. The molecule has 1 atom stereocenters. The highest BCUT2D eigenvalue weighted by Gasteiger charge is 2.25. The molecular weight excluding hydrogens is 364 g/mol. The molecule has 2 rings (SSSR count). The second-order valence-electron chi connectivity index (χ2n) is 6.74. The fraction of sp³-hybridized carbons (Fsp3) is 0.632. The summed E-state index contributed by atoms with van der Waals surface area (Å²) < 4.78 is 30.8. The smallest absolute Gasteiger partial charge is 0.211 e. The molecule has 1 saturated heterocycles. The predicted octanol–water partition coefficient (Wildman–Crippen LogP) is 1.62. The van der Waals surface area contributed by atoms with Gasteiger partial charge in [-0.2, -0.15) is 0 Å². The lowest BCUT2D eigenvalue weighted by molar-refractivity contribution is -0.00830. The molecule has 0 radical (unpaired) electrons. The Kier molecular flexibility index (Phi) is 8.07. The minimum Gasteiger partial charge on any atom is -0.370 e. The molecule has 1 aromatic rings. The van der Waals surface area contributed by atoms with Crippen LogP contribution in [-0.4, -0.2) is 76.2 Å². The average Bonchev–Trinajstić information content (AvgIpc) is 2.64. The summed E-state index contributed by atoms with van der Waals surface area (Å²) in [4.78, 5) is 6.60. The molecular formula is C19H32N4O3S. The number of sulfonamides is 1. The Morgan fingerprint density at radius 2 is 2.15 bits per heavy atom. The second kappa shape index (κ2) is 10.1. The lowest BCUT2D eigenvalue weighted by atomic mass is 10.0. The normalized spacial score (nSPS) is 18.8. The highest BCUT2D eigenvalue weighted by Crippen LogP contribution is 2.24. The molecule has 0 amide bonds. The van der Waals surface area contributed by atoms with E-state index in [2.05, 4.69) is 34.3 Å². The van der Waals surface area contributed by atoms with Crippen molar-refractivity contribution in [1.82, 2.24) is 14.5 Å². The monoisotopic (exact) mass is 396 g/mol. The van der Waals surface area contributed by atoms with Gasteiger partial charge >= 0.3 is 0 Å². The van der Waals surface area contributed by atoms with Crippen molar-refractivity contribution in [3.63, 3.8) is 0 Å². The molecule has 1 heterocycles. The molecule has 1 N–H and O–H groups in total. The summed E-state index contributed by atoms with van der Waals surface area (Å²) in [5, 5.41) is 3.36. The van der Waals surface area contributed by atoms with Crippen LogP contribution in [0.1, 0.15) is 30.6 Å². The molecule has 1 aromatic carbocycles. The lowest BCUT2D eigenvalue weighted by Gasteiger charge is -2.35. The summed E-state index contributed by atoms with van der Waals surface area (Å²) in [6, 6.07) is 8.30. The maximum Gasteiger partial charge on any atom is 0.211 e. The molecule has 0 aliphatic carbocycles. The molecule has 7 nitrogen and oxygen atoms in total. The number of nitrogens with zero attached hydrogens (tertiary/aromatic N) is 3. The van der Waals surface area contributed by atoms with Gasteiger partial charge in [-0.25, -0.2) is 12.7 Å². The summed E-state index contributed by atoms with van der Waals surface area (Å²) >= 11 is 0. The Balaban J connectivity index is 1.89. The van der Waals surface area contributed by atoms with Gasteiger partial charge in [0.15, 0.2) is 5.96 Å². The van der Waals surface area contributed by atoms with Crippen LogP contribution < -0.4 is 5.32 Å². The average molecular weight is 397 g/mol. The topological polar surface area (TPSA) is 74.2 Å². The van der Waals surface area contributed by atoms with Crippen LogP contribution in [0.4, 0.5) is 0 Å². The third kappa shape index (κ3) is 6.19. The number of rotatable bonds is 7. The first-order valence-electron chi connectivity index (χ1n) is 9.44. The Morgan fingerprint density at radius 1 is 1.41 bits per heavy atom. The standard InChI is InChI=1S/C19H32N4O3S/c1-5-23(27(4,24)25)12-8-11-21-19(20-3)22-13-14-26-18(15-22)17-10-7-6-9-16(17)2/h6-7,9-10,18H,5,8,11-15H2,1-4H3,(H,20,21). The van der Waals surface area contributed by atoms with E-state index in [1.807, 2.05) is 19.1 Å². The summed E-state index contributed by atoms with van der Waals surface area (Å²) in [7, 11) is -1.36. The van der Waals surface area contributed by atoms with E-state index in [0.29, 0.717) is 26.2 Å². The Morgan fingerprint density at radius 3 is 2.78 bits per heavy atom.